The first-order valence-corrected chi connectivity index (χ1v) is 7.61. The number of rotatable bonds is 4. The average Bonchev–Trinajstić information content (AvgIpc) is 2.80. The summed E-state index contributed by atoms with van der Waals surface area (Å²) in [5.74, 6) is 1.77. The highest BCUT2D eigenvalue weighted by atomic mass is 35.5. The van der Waals surface area contributed by atoms with Crippen molar-refractivity contribution in [2.45, 2.75) is 37.5 Å². The fraction of sp³-hybridized carbons (Fsp3) is 0.538. The van der Waals surface area contributed by atoms with Crippen LogP contribution in [0.3, 0.4) is 0 Å². The third-order valence-electron chi connectivity index (χ3n) is 3.17. The molecule has 1 fully saturated rings. The van der Waals surface area contributed by atoms with Crippen molar-refractivity contribution in [1.29, 1.82) is 5.26 Å². The predicted octanol–water partition coefficient (Wildman–Crippen LogP) is 3.69. The minimum absolute atomic E-state index is 0.411. The summed E-state index contributed by atoms with van der Waals surface area (Å²) in [6.45, 7) is 2.18. The maximum absolute atomic E-state index is 8.95. The number of nitrogens with one attached hydrogen (secondary N) is 1. The van der Waals surface area contributed by atoms with Gasteiger partial charge in [-0.15, -0.1) is 0 Å². The second-order valence-electron chi connectivity index (χ2n) is 4.31. The van der Waals surface area contributed by atoms with Gasteiger partial charge in [0.05, 0.1) is 5.56 Å². The van der Waals surface area contributed by atoms with E-state index in [9.17, 15) is 0 Å². The fourth-order valence-electron chi connectivity index (χ4n) is 2.31. The van der Waals surface area contributed by atoms with Crippen LogP contribution in [0, 0.1) is 11.3 Å². The zero-order chi connectivity index (χ0) is 13.0. The molecule has 1 heterocycles. The summed E-state index contributed by atoms with van der Waals surface area (Å²) in [5.41, 5.74) is 0.479. The van der Waals surface area contributed by atoms with Crippen molar-refractivity contribution in [3.8, 4) is 6.07 Å². The number of hydrogen-bond donors (Lipinski definition) is 1. The number of nitriles is 1. The van der Waals surface area contributed by atoms with E-state index in [0.29, 0.717) is 27.7 Å². The molecule has 2 rings (SSSR count). The highest BCUT2D eigenvalue weighted by molar-refractivity contribution is 7.99. The van der Waals surface area contributed by atoms with Crippen LogP contribution in [0.25, 0.3) is 0 Å². The van der Waals surface area contributed by atoms with Crippen molar-refractivity contribution in [3.05, 3.63) is 22.8 Å². The van der Waals surface area contributed by atoms with E-state index in [-0.39, 0.29) is 0 Å². The second kappa shape index (κ2) is 6.31. The number of thioether (sulfide) groups is 1. The van der Waals surface area contributed by atoms with E-state index < -0.39 is 0 Å². The van der Waals surface area contributed by atoms with Crippen LogP contribution >= 0.6 is 23.4 Å². The molecule has 1 aliphatic carbocycles. The summed E-state index contributed by atoms with van der Waals surface area (Å²) in [6, 6.07) is 4.13. The zero-order valence-corrected chi connectivity index (χ0v) is 11.9. The molecule has 2 atom stereocenters. The Balaban J connectivity index is 2.12. The Morgan fingerprint density at radius 1 is 1.61 bits per heavy atom. The van der Waals surface area contributed by atoms with Crippen molar-refractivity contribution >= 4 is 29.2 Å². The number of halogens is 1. The van der Waals surface area contributed by atoms with Gasteiger partial charge in [0.15, 0.2) is 0 Å². The molecule has 1 aromatic heterocycles. The molecule has 0 aromatic carbocycles. The van der Waals surface area contributed by atoms with Crippen LogP contribution in [0.4, 0.5) is 5.82 Å². The summed E-state index contributed by atoms with van der Waals surface area (Å²) < 4.78 is 0. The minimum Gasteiger partial charge on any atom is -0.365 e. The van der Waals surface area contributed by atoms with Crippen LogP contribution in [-0.2, 0) is 0 Å². The van der Waals surface area contributed by atoms with Gasteiger partial charge in [-0.2, -0.15) is 17.0 Å². The van der Waals surface area contributed by atoms with E-state index in [1.165, 1.54) is 12.8 Å². The standard InChI is InChI=1S/C13H16ClN3S/c1-2-18-11-5-3-4-10(11)17-13-12(14)9(8-15)6-7-16-13/h6-7,10-11H,2-5H2,1H3,(H,16,17). The van der Waals surface area contributed by atoms with Crippen molar-refractivity contribution in [1.82, 2.24) is 4.98 Å². The van der Waals surface area contributed by atoms with Crippen LogP contribution in [0.2, 0.25) is 5.02 Å². The smallest absolute Gasteiger partial charge is 0.146 e. The van der Waals surface area contributed by atoms with Gasteiger partial charge in [-0.1, -0.05) is 24.9 Å². The fourth-order valence-corrected chi connectivity index (χ4v) is 3.72. The van der Waals surface area contributed by atoms with Crippen LogP contribution in [0.5, 0.6) is 0 Å². The van der Waals surface area contributed by atoms with Gasteiger partial charge in [-0.3, -0.25) is 0 Å². The lowest BCUT2D eigenvalue weighted by molar-refractivity contribution is 0.762. The molecule has 3 nitrogen and oxygen atoms in total. The maximum Gasteiger partial charge on any atom is 0.146 e. The molecule has 0 saturated heterocycles. The number of aromatic nitrogens is 1. The van der Waals surface area contributed by atoms with E-state index in [1.807, 2.05) is 11.8 Å². The Hall–Kier alpha value is -0.920. The lowest BCUT2D eigenvalue weighted by atomic mass is 10.2. The van der Waals surface area contributed by atoms with Crippen LogP contribution < -0.4 is 5.32 Å². The Morgan fingerprint density at radius 2 is 2.44 bits per heavy atom. The summed E-state index contributed by atoms with van der Waals surface area (Å²) in [6.07, 6.45) is 5.26. The molecular weight excluding hydrogens is 266 g/mol. The molecule has 2 unspecified atom stereocenters. The zero-order valence-electron chi connectivity index (χ0n) is 10.3. The van der Waals surface area contributed by atoms with Crippen molar-refractivity contribution in [3.63, 3.8) is 0 Å². The SMILES string of the molecule is CCSC1CCCC1Nc1nccc(C#N)c1Cl. The molecule has 0 spiro atoms. The first kappa shape index (κ1) is 13.5. The molecule has 18 heavy (non-hydrogen) atoms. The van der Waals surface area contributed by atoms with Gasteiger partial charge in [0, 0.05) is 17.5 Å². The van der Waals surface area contributed by atoms with E-state index in [0.717, 1.165) is 12.2 Å². The Morgan fingerprint density at radius 3 is 3.17 bits per heavy atom. The topological polar surface area (TPSA) is 48.7 Å². The number of nitrogens with zero attached hydrogens (tertiary/aromatic N) is 2. The lowest BCUT2D eigenvalue weighted by Crippen LogP contribution is -2.26. The summed E-state index contributed by atoms with van der Waals surface area (Å²) in [4.78, 5) is 4.24. The van der Waals surface area contributed by atoms with Gasteiger partial charge in [0.1, 0.15) is 16.9 Å². The maximum atomic E-state index is 8.95. The van der Waals surface area contributed by atoms with Crippen molar-refractivity contribution in [2.24, 2.45) is 0 Å². The van der Waals surface area contributed by atoms with Crippen LogP contribution in [0.15, 0.2) is 12.3 Å². The monoisotopic (exact) mass is 281 g/mol. The number of pyridine rings is 1. The van der Waals surface area contributed by atoms with E-state index in [2.05, 4.69) is 23.3 Å². The van der Waals surface area contributed by atoms with E-state index in [4.69, 9.17) is 16.9 Å². The minimum atomic E-state index is 0.411. The van der Waals surface area contributed by atoms with Gasteiger partial charge in [-0.25, -0.2) is 4.98 Å². The molecule has 0 amide bonds. The van der Waals surface area contributed by atoms with Gasteiger partial charge in [0.2, 0.25) is 0 Å². The molecule has 1 aliphatic rings. The Bertz CT molecular complexity index is 458. The second-order valence-corrected chi connectivity index (χ2v) is 6.20. The van der Waals surface area contributed by atoms with E-state index >= 15 is 0 Å². The van der Waals surface area contributed by atoms with Gasteiger partial charge in [-0.05, 0) is 24.7 Å². The summed E-state index contributed by atoms with van der Waals surface area (Å²) >= 11 is 8.14. The number of hydrogen-bond acceptors (Lipinski definition) is 4. The van der Waals surface area contributed by atoms with Crippen molar-refractivity contribution in [2.75, 3.05) is 11.1 Å². The molecular formula is C13H16ClN3S. The average molecular weight is 282 g/mol. The first-order valence-electron chi connectivity index (χ1n) is 6.19. The largest absolute Gasteiger partial charge is 0.365 e. The third kappa shape index (κ3) is 2.90. The predicted molar refractivity (Wildman–Crippen MR) is 77.1 cm³/mol. The van der Waals surface area contributed by atoms with Crippen LogP contribution in [-0.4, -0.2) is 22.0 Å². The molecule has 5 heteroatoms. The lowest BCUT2D eigenvalue weighted by Gasteiger charge is -2.21. The van der Waals surface area contributed by atoms with Crippen molar-refractivity contribution < 1.29 is 0 Å². The molecule has 0 bridgehead atoms. The normalized spacial score (nSPS) is 22.7. The summed E-state index contributed by atoms with van der Waals surface area (Å²) in [7, 11) is 0. The molecule has 0 radical (unpaired) electrons. The van der Waals surface area contributed by atoms with Gasteiger partial charge >= 0.3 is 0 Å². The van der Waals surface area contributed by atoms with E-state index in [1.54, 1.807) is 12.3 Å². The molecule has 1 saturated carbocycles. The van der Waals surface area contributed by atoms with Crippen LogP contribution in [0.1, 0.15) is 31.7 Å². The first-order chi connectivity index (χ1) is 8.76. The van der Waals surface area contributed by atoms with Gasteiger partial charge < -0.3 is 5.32 Å². The highest BCUT2D eigenvalue weighted by Gasteiger charge is 2.27. The number of anilines is 1. The van der Waals surface area contributed by atoms with Gasteiger partial charge in [0.25, 0.3) is 0 Å². The third-order valence-corrected chi connectivity index (χ3v) is 4.87. The highest BCUT2D eigenvalue weighted by Crippen LogP contribution is 2.33. The molecule has 0 aliphatic heterocycles. The molecule has 1 N–H and O–H groups in total. The Labute approximate surface area is 117 Å². The Kier molecular flexibility index (Phi) is 4.73. The molecule has 96 valence electrons. The molecule has 1 aromatic rings. The summed E-state index contributed by atoms with van der Waals surface area (Å²) in [5, 5.41) is 13.4. The quantitative estimate of drug-likeness (QED) is 0.914.